The topological polar surface area (TPSA) is 108 Å². The third kappa shape index (κ3) is 6.03. The van der Waals surface area contributed by atoms with Crippen LogP contribution in [0.25, 0.3) is 11.3 Å². The number of aryl methyl sites for hydroxylation is 1. The number of hydrogen-bond donors (Lipinski definition) is 3. The molecule has 0 saturated carbocycles. The van der Waals surface area contributed by atoms with Gasteiger partial charge in [-0.2, -0.15) is 10.2 Å². The van der Waals surface area contributed by atoms with Crippen LogP contribution >= 0.6 is 0 Å². The molecule has 1 heterocycles. The molecule has 0 saturated heterocycles. The summed E-state index contributed by atoms with van der Waals surface area (Å²) >= 11 is 0. The fraction of sp³-hybridized carbons (Fsp3) is 0.143. The molecule has 0 aliphatic heterocycles. The molecule has 0 spiro atoms. The van der Waals surface area contributed by atoms with Gasteiger partial charge in [-0.1, -0.05) is 42.5 Å². The molecule has 0 atom stereocenters. The number of benzene rings is 2. The van der Waals surface area contributed by atoms with Gasteiger partial charge in [0, 0.05) is 11.1 Å². The molecule has 3 N–H and O–H groups in total. The number of H-pyrrole nitrogens is 1. The minimum absolute atomic E-state index is 0.171. The van der Waals surface area contributed by atoms with Gasteiger partial charge in [0.25, 0.3) is 11.8 Å². The van der Waals surface area contributed by atoms with Gasteiger partial charge in [0.15, 0.2) is 6.61 Å². The monoisotopic (exact) mass is 391 g/mol. The lowest BCUT2D eigenvalue weighted by molar-refractivity contribution is -0.127. The van der Waals surface area contributed by atoms with Crippen molar-refractivity contribution in [3.63, 3.8) is 0 Å². The maximum absolute atomic E-state index is 11.8. The maximum atomic E-state index is 11.8. The number of carbonyl (C=O) groups excluding carboxylic acids is 2. The van der Waals surface area contributed by atoms with Gasteiger partial charge in [-0.15, -0.1) is 0 Å². The highest BCUT2D eigenvalue weighted by Gasteiger charge is 2.07. The second kappa shape index (κ2) is 9.84. The molecule has 29 heavy (non-hydrogen) atoms. The smallest absolute Gasteiger partial charge is 0.259 e. The number of amides is 2. The lowest BCUT2D eigenvalue weighted by Crippen LogP contribution is -2.37. The van der Waals surface area contributed by atoms with E-state index in [-0.39, 0.29) is 13.2 Å². The van der Waals surface area contributed by atoms with Crippen molar-refractivity contribution in [2.24, 2.45) is 5.10 Å². The zero-order valence-electron chi connectivity index (χ0n) is 15.9. The van der Waals surface area contributed by atoms with E-state index in [2.05, 4.69) is 26.0 Å². The second-order valence-electron chi connectivity index (χ2n) is 6.24. The highest BCUT2D eigenvalue weighted by molar-refractivity contribution is 5.90. The van der Waals surface area contributed by atoms with Crippen molar-refractivity contribution >= 4 is 18.0 Å². The third-order valence-corrected chi connectivity index (χ3v) is 3.93. The first kappa shape index (κ1) is 19.8. The molecule has 8 nitrogen and oxygen atoms in total. The van der Waals surface area contributed by atoms with Crippen LogP contribution in [0.1, 0.15) is 11.1 Å². The number of ether oxygens (including phenoxy) is 1. The minimum Gasteiger partial charge on any atom is -0.484 e. The molecule has 2 aromatic carbocycles. The van der Waals surface area contributed by atoms with E-state index >= 15 is 0 Å². The Hall–Kier alpha value is -3.94. The molecule has 3 aromatic rings. The van der Waals surface area contributed by atoms with Crippen LogP contribution in [0.4, 0.5) is 0 Å². The quantitative estimate of drug-likeness (QED) is 0.403. The number of nitrogens with one attached hydrogen (secondary N) is 3. The summed E-state index contributed by atoms with van der Waals surface area (Å²) in [6.07, 6.45) is 3.11. The highest BCUT2D eigenvalue weighted by Crippen LogP contribution is 2.18. The van der Waals surface area contributed by atoms with E-state index < -0.39 is 11.8 Å². The molecule has 148 valence electrons. The van der Waals surface area contributed by atoms with Crippen molar-refractivity contribution in [2.75, 3.05) is 13.2 Å². The van der Waals surface area contributed by atoms with E-state index in [1.54, 1.807) is 12.3 Å². The normalized spacial score (nSPS) is 10.7. The summed E-state index contributed by atoms with van der Waals surface area (Å²) in [6.45, 7) is 1.56. The number of hydrazone groups is 1. The molecule has 8 heteroatoms. The van der Waals surface area contributed by atoms with Crippen LogP contribution in [0.15, 0.2) is 65.9 Å². The van der Waals surface area contributed by atoms with E-state index in [0.717, 1.165) is 22.4 Å². The molecule has 0 aliphatic rings. The van der Waals surface area contributed by atoms with Gasteiger partial charge in [-0.25, -0.2) is 5.43 Å². The summed E-state index contributed by atoms with van der Waals surface area (Å²) in [5, 5.41) is 13.3. The molecule has 2 amide bonds. The number of nitrogens with zero attached hydrogens (tertiary/aromatic N) is 2. The summed E-state index contributed by atoms with van der Waals surface area (Å²) in [5.41, 5.74) is 5.89. The Morgan fingerprint density at radius 1 is 1.14 bits per heavy atom. The summed E-state index contributed by atoms with van der Waals surface area (Å²) in [6, 6.07) is 17.0. The highest BCUT2D eigenvalue weighted by atomic mass is 16.5. The Kier molecular flexibility index (Phi) is 6.72. The van der Waals surface area contributed by atoms with Crippen molar-refractivity contribution < 1.29 is 14.3 Å². The lowest BCUT2D eigenvalue weighted by atomic mass is 10.1. The van der Waals surface area contributed by atoms with E-state index in [1.807, 2.05) is 55.5 Å². The second-order valence-corrected chi connectivity index (χ2v) is 6.24. The third-order valence-electron chi connectivity index (χ3n) is 3.93. The van der Waals surface area contributed by atoms with Crippen LogP contribution in [-0.2, 0) is 9.59 Å². The molecular weight excluding hydrogens is 370 g/mol. The predicted octanol–water partition coefficient (Wildman–Crippen LogP) is 2.03. The number of hydrogen-bond acceptors (Lipinski definition) is 5. The average molecular weight is 391 g/mol. The van der Waals surface area contributed by atoms with Crippen molar-refractivity contribution in [1.82, 2.24) is 20.9 Å². The largest absolute Gasteiger partial charge is 0.484 e. The van der Waals surface area contributed by atoms with Gasteiger partial charge < -0.3 is 10.1 Å². The Morgan fingerprint density at radius 2 is 1.97 bits per heavy atom. The Morgan fingerprint density at radius 3 is 2.76 bits per heavy atom. The van der Waals surface area contributed by atoms with Crippen molar-refractivity contribution in [3.05, 3.63) is 71.9 Å². The number of aromatic nitrogens is 2. The van der Waals surface area contributed by atoms with Gasteiger partial charge >= 0.3 is 0 Å². The van der Waals surface area contributed by atoms with Crippen LogP contribution < -0.4 is 15.5 Å². The predicted molar refractivity (Wildman–Crippen MR) is 109 cm³/mol. The minimum atomic E-state index is -0.449. The fourth-order valence-corrected chi connectivity index (χ4v) is 2.53. The van der Waals surface area contributed by atoms with E-state index in [1.165, 1.54) is 6.21 Å². The molecule has 0 aliphatic carbocycles. The SMILES string of the molecule is Cc1cccc(OCC(=O)NCC(=O)N/N=C/c2cn[nH]c2-c2ccccc2)c1. The first-order valence-corrected chi connectivity index (χ1v) is 8.98. The molecule has 0 bridgehead atoms. The van der Waals surface area contributed by atoms with Crippen LogP contribution in [0.3, 0.4) is 0 Å². The lowest BCUT2D eigenvalue weighted by Gasteiger charge is -2.07. The van der Waals surface area contributed by atoms with E-state index in [9.17, 15) is 9.59 Å². The number of aromatic amines is 1. The van der Waals surface area contributed by atoms with Gasteiger partial charge in [-0.3, -0.25) is 14.7 Å². The molecule has 0 radical (unpaired) electrons. The fourth-order valence-electron chi connectivity index (χ4n) is 2.53. The van der Waals surface area contributed by atoms with Crippen molar-refractivity contribution in [1.29, 1.82) is 0 Å². The van der Waals surface area contributed by atoms with Gasteiger partial charge in [0.2, 0.25) is 0 Å². The van der Waals surface area contributed by atoms with Crippen molar-refractivity contribution in [3.8, 4) is 17.0 Å². The van der Waals surface area contributed by atoms with Gasteiger partial charge in [0.05, 0.1) is 24.7 Å². The van der Waals surface area contributed by atoms with E-state index in [4.69, 9.17) is 4.74 Å². The Labute approximate surface area is 168 Å². The summed E-state index contributed by atoms with van der Waals surface area (Å²) < 4.78 is 5.38. The first-order chi connectivity index (χ1) is 14.1. The molecule has 0 fully saturated rings. The van der Waals surface area contributed by atoms with Crippen molar-refractivity contribution in [2.45, 2.75) is 6.92 Å². The zero-order chi connectivity index (χ0) is 20.5. The van der Waals surface area contributed by atoms with Gasteiger partial charge in [0.1, 0.15) is 5.75 Å². The molecular formula is C21H21N5O3. The average Bonchev–Trinajstić information content (AvgIpc) is 3.20. The molecule has 1 aromatic heterocycles. The van der Waals surface area contributed by atoms with Crippen LogP contribution in [0, 0.1) is 6.92 Å². The van der Waals surface area contributed by atoms with Crippen LogP contribution in [0.5, 0.6) is 5.75 Å². The Bertz CT molecular complexity index is 998. The molecule has 3 rings (SSSR count). The summed E-state index contributed by atoms with van der Waals surface area (Å²) in [5.74, 6) is -0.245. The van der Waals surface area contributed by atoms with Crippen LogP contribution in [-0.4, -0.2) is 41.4 Å². The Balaban J connectivity index is 1.42. The number of carbonyl (C=O) groups is 2. The van der Waals surface area contributed by atoms with Crippen LogP contribution in [0.2, 0.25) is 0 Å². The maximum Gasteiger partial charge on any atom is 0.259 e. The molecule has 0 unspecified atom stereocenters. The summed E-state index contributed by atoms with van der Waals surface area (Å²) in [7, 11) is 0. The zero-order valence-corrected chi connectivity index (χ0v) is 15.9. The summed E-state index contributed by atoms with van der Waals surface area (Å²) in [4.78, 5) is 23.6. The first-order valence-electron chi connectivity index (χ1n) is 8.98. The number of rotatable bonds is 8. The van der Waals surface area contributed by atoms with E-state index in [0.29, 0.717) is 5.75 Å². The van der Waals surface area contributed by atoms with Gasteiger partial charge in [-0.05, 0) is 24.6 Å². The standard InChI is InChI=1S/C21H21N5O3/c1-15-6-5-9-18(10-15)29-14-20(28)22-13-19(27)25-23-11-17-12-24-26-21(17)16-7-3-2-4-8-16/h2-12H,13-14H2,1H3,(H,22,28)(H,24,26)(H,25,27)/b23-11+.